The first-order valence-corrected chi connectivity index (χ1v) is 8.92. The van der Waals surface area contributed by atoms with E-state index in [2.05, 4.69) is 25.7 Å². The summed E-state index contributed by atoms with van der Waals surface area (Å²) in [6.45, 7) is 3.51. The molecule has 0 atom stereocenters. The monoisotopic (exact) mass is 317 g/mol. The largest absolute Gasteiger partial charge is 0.370 e. The fraction of sp³-hybridized carbons (Fsp3) is 0.706. The normalized spacial score (nSPS) is 18.9. The third-order valence-electron chi connectivity index (χ3n) is 4.82. The lowest BCUT2D eigenvalue weighted by molar-refractivity contribution is -0.125. The van der Waals surface area contributed by atoms with E-state index in [4.69, 9.17) is 0 Å². The van der Waals surface area contributed by atoms with Crippen molar-refractivity contribution in [2.45, 2.75) is 44.9 Å². The molecule has 1 aliphatic heterocycles. The molecule has 6 nitrogen and oxygen atoms in total. The van der Waals surface area contributed by atoms with Crippen molar-refractivity contribution in [2.75, 3.05) is 36.4 Å². The average Bonchev–Trinajstić information content (AvgIpc) is 3.14. The van der Waals surface area contributed by atoms with E-state index >= 15 is 0 Å². The van der Waals surface area contributed by atoms with E-state index in [0.717, 1.165) is 37.4 Å². The molecule has 1 saturated carbocycles. The second-order valence-corrected chi connectivity index (χ2v) is 6.55. The summed E-state index contributed by atoms with van der Waals surface area (Å²) in [5, 5.41) is 14.5. The quantitative estimate of drug-likeness (QED) is 0.787. The number of amides is 1. The molecule has 2 N–H and O–H groups in total. The lowest BCUT2D eigenvalue weighted by Gasteiger charge is -2.20. The average molecular weight is 317 g/mol. The molecule has 1 saturated heterocycles. The molecular weight excluding hydrogens is 290 g/mol. The Labute approximate surface area is 138 Å². The first kappa shape index (κ1) is 16.0. The van der Waals surface area contributed by atoms with Gasteiger partial charge in [0.05, 0.1) is 11.9 Å². The van der Waals surface area contributed by atoms with Gasteiger partial charge in [-0.05, 0) is 25.7 Å². The second kappa shape index (κ2) is 8.13. The molecule has 3 rings (SSSR count). The third kappa shape index (κ3) is 4.56. The molecule has 126 valence electrons. The van der Waals surface area contributed by atoms with Crippen molar-refractivity contribution in [1.29, 1.82) is 0 Å². The van der Waals surface area contributed by atoms with Crippen LogP contribution in [0.25, 0.3) is 0 Å². The van der Waals surface area contributed by atoms with Crippen LogP contribution in [0.5, 0.6) is 0 Å². The first-order valence-electron chi connectivity index (χ1n) is 8.92. The van der Waals surface area contributed by atoms with Crippen molar-refractivity contribution in [3.05, 3.63) is 12.3 Å². The highest BCUT2D eigenvalue weighted by Gasteiger charge is 2.20. The van der Waals surface area contributed by atoms with Crippen molar-refractivity contribution in [1.82, 2.24) is 15.5 Å². The molecule has 23 heavy (non-hydrogen) atoms. The molecule has 0 bridgehead atoms. The summed E-state index contributed by atoms with van der Waals surface area (Å²) in [6, 6.07) is 2.04. The maximum atomic E-state index is 12.1. The van der Waals surface area contributed by atoms with Crippen LogP contribution in [0.2, 0.25) is 0 Å². The van der Waals surface area contributed by atoms with Crippen molar-refractivity contribution >= 4 is 17.4 Å². The number of hydrogen-bond donors (Lipinski definition) is 2. The van der Waals surface area contributed by atoms with Crippen LogP contribution in [0.1, 0.15) is 44.9 Å². The number of nitrogens with one attached hydrogen (secondary N) is 2. The van der Waals surface area contributed by atoms with Crippen LogP contribution in [0.15, 0.2) is 12.3 Å². The van der Waals surface area contributed by atoms with Gasteiger partial charge in [0, 0.05) is 38.2 Å². The summed E-state index contributed by atoms with van der Waals surface area (Å²) < 4.78 is 0. The van der Waals surface area contributed by atoms with Gasteiger partial charge in [-0.15, -0.1) is 5.10 Å². The Morgan fingerprint density at radius 3 is 2.70 bits per heavy atom. The zero-order chi connectivity index (χ0) is 15.9. The van der Waals surface area contributed by atoms with Crippen LogP contribution < -0.4 is 15.5 Å². The Kier molecular flexibility index (Phi) is 5.66. The van der Waals surface area contributed by atoms with Gasteiger partial charge in [-0.3, -0.25) is 4.79 Å². The Morgan fingerprint density at radius 2 is 1.91 bits per heavy atom. The minimum Gasteiger partial charge on any atom is -0.370 e. The molecule has 2 fully saturated rings. The van der Waals surface area contributed by atoms with Crippen molar-refractivity contribution in [3.8, 4) is 0 Å². The van der Waals surface area contributed by atoms with E-state index in [-0.39, 0.29) is 11.8 Å². The van der Waals surface area contributed by atoms with Crippen molar-refractivity contribution in [2.24, 2.45) is 5.92 Å². The molecule has 1 aliphatic carbocycles. The smallest absolute Gasteiger partial charge is 0.223 e. The molecule has 6 heteroatoms. The van der Waals surface area contributed by atoms with E-state index in [0.29, 0.717) is 13.1 Å². The van der Waals surface area contributed by atoms with E-state index in [1.165, 1.54) is 32.1 Å². The molecule has 2 aliphatic rings. The van der Waals surface area contributed by atoms with E-state index < -0.39 is 0 Å². The van der Waals surface area contributed by atoms with Gasteiger partial charge in [0.1, 0.15) is 0 Å². The Bertz CT molecular complexity index is 509. The summed E-state index contributed by atoms with van der Waals surface area (Å²) >= 11 is 0. The molecule has 0 spiro atoms. The Balaban J connectivity index is 1.40. The van der Waals surface area contributed by atoms with Gasteiger partial charge in [-0.25, -0.2) is 0 Å². The summed E-state index contributed by atoms with van der Waals surface area (Å²) in [5.41, 5.74) is 1.13. The number of carbonyl (C=O) groups is 1. The number of rotatable bonds is 6. The highest BCUT2D eigenvalue weighted by atomic mass is 16.1. The van der Waals surface area contributed by atoms with Gasteiger partial charge in [0.2, 0.25) is 5.91 Å². The Morgan fingerprint density at radius 1 is 1.13 bits per heavy atom. The summed E-state index contributed by atoms with van der Waals surface area (Å²) in [4.78, 5) is 14.4. The van der Waals surface area contributed by atoms with E-state index in [1.54, 1.807) is 0 Å². The Hall–Kier alpha value is -1.85. The number of carbonyl (C=O) groups excluding carboxylic acids is 1. The zero-order valence-electron chi connectivity index (χ0n) is 13.8. The summed E-state index contributed by atoms with van der Waals surface area (Å²) in [6.07, 6.45) is 10.1. The SMILES string of the molecule is O=C(NCCNc1cc(N2CCCC2)cnn1)C1CCCCC1. The van der Waals surface area contributed by atoms with Gasteiger partial charge >= 0.3 is 0 Å². The third-order valence-corrected chi connectivity index (χ3v) is 4.82. The minimum atomic E-state index is 0.211. The molecule has 1 amide bonds. The summed E-state index contributed by atoms with van der Waals surface area (Å²) in [5.74, 6) is 1.21. The molecule has 0 unspecified atom stereocenters. The second-order valence-electron chi connectivity index (χ2n) is 6.55. The van der Waals surface area contributed by atoms with Gasteiger partial charge in [0.15, 0.2) is 5.82 Å². The number of aromatic nitrogens is 2. The predicted molar refractivity (Wildman–Crippen MR) is 91.6 cm³/mol. The van der Waals surface area contributed by atoms with Gasteiger partial charge in [0.25, 0.3) is 0 Å². The lowest BCUT2D eigenvalue weighted by atomic mass is 9.89. The van der Waals surface area contributed by atoms with E-state index in [9.17, 15) is 4.79 Å². The molecule has 0 radical (unpaired) electrons. The highest BCUT2D eigenvalue weighted by molar-refractivity contribution is 5.78. The van der Waals surface area contributed by atoms with Crippen LogP contribution in [0.3, 0.4) is 0 Å². The lowest BCUT2D eigenvalue weighted by Crippen LogP contribution is -2.35. The predicted octanol–water partition coefficient (Wildman–Crippen LogP) is 2.19. The first-order chi connectivity index (χ1) is 11.3. The van der Waals surface area contributed by atoms with Gasteiger partial charge in [-0.2, -0.15) is 5.10 Å². The van der Waals surface area contributed by atoms with Crippen molar-refractivity contribution in [3.63, 3.8) is 0 Å². The van der Waals surface area contributed by atoms with Gasteiger partial charge < -0.3 is 15.5 Å². The maximum absolute atomic E-state index is 12.1. The highest BCUT2D eigenvalue weighted by Crippen LogP contribution is 2.23. The summed E-state index contributed by atoms with van der Waals surface area (Å²) in [7, 11) is 0. The number of anilines is 2. The van der Waals surface area contributed by atoms with Crippen LogP contribution in [-0.2, 0) is 4.79 Å². The van der Waals surface area contributed by atoms with Crippen molar-refractivity contribution < 1.29 is 4.79 Å². The number of hydrogen-bond acceptors (Lipinski definition) is 5. The van der Waals surface area contributed by atoms with E-state index in [1.807, 2.05) is 12.3 Å². The molecule has 2 heterocycles. The molecule has 0 aromatic carbocycles. The fourth-order valence-electron chi connectivity index (χ4n) is 3.48. The van der Waals surface area contributed by atoms with Crippen LogP contribution in [0, 0.1) is 5.92 Å². The maximum Gasteiger partial charge on any atom is 0.223 e. The molecular formula is C17H27N5O. The zero-order valence-corrected chi connectivity index (χ0v) is 13.8. The van der Waals surface area contributed by atoms with Crippen LogP contribution in [0.4, 0.5) is 11.5 Å². The number of nitrogens with zero attached hydrogens (tertiary/aromatic N) is 3. The molecule has 1 aromatic rings. The van der Waals surface area contributed by atoms with Crippen LogP contribution in [-0.4, -0.2) is 42.3 Å². The molecule has 1 aromatic heterocycles. The fourth-order valence-corrected chi connectivity index (χ4v) is 3.48. The minimum absolute atomic E-state index is 0.211. The topological polar surface area (TPSA) is 70.2 Å². The van der Waals surface area contributed by atoms with Crippen LogP contribution >= 0.6 is 0 Å². The standard InChI is InChI=1S/C17H27N5O/c23-17(14-6-2-1-3-7-14)19-9-8-18-16-12-15(13-20-21-16)22-10-4-5-11-22/h12-14H,1-11H2,(H,18,21)(H,19,23). The van der Waals surface area contributed by atoms with Gasteiger partial charge in [-0.1, -0.05) is 19.3 Å².